The van der Waals surface area contributed by atoms with Crippen LogP contribution in [-0.2, 0) is 0 Å². The Kier molecular flexibility index (Phi) is 4.89. The minimum Gasteiger partial charge on any atom is -0.412 e. The molecule has 0 aliphatic carbocycles. The Balaban J connectivity index is 0.000000605. The fourth-order valence-electron chi connectivity index (χ4n) is 1.13. The lowest BCUT2D eigenvalue weighted by atomic mass is 10.1. The molecule has 2 heteroatoms. The van der Waals surface area contributed by atoms with Gasteiger partial charge in [-0.25, -0.2) is 0 Å². The van der Waals surface area contributed by atoms with Crippen molar-refractivity contribution in [3.63, 3.8) is 0 Å². The van der Waals surface area contributed by atoms with E-state index in [4.69, 9.17) is 0 Å². The molecule has 0 bridgehead atoms. The van der Waals surface area contributed by atoms with Gasteiger partial charge in [0.15, 0.2) is 0 Å². The molecule has 0 aromatic heterocycles. The van der Waals surface area contributed by atoms with Crippen LogP contribution in [-0.4, -0.2) is 28.5 Å². The van der Waals surface area contributed by atoms with Crippen molar-refractivity contribution in [2.45, 2.75) is 0 Å². The highest BCUT2D eigenvalue weighted by molar-refractivity contribution is 5.81. The second-order valence-corrected chi connectivity index (χ2v) is 2.35. The van der Waals surface area contributed by atoms with Crippen LogP contribution in [0.15, 0.2) is 48.5 Å². The van der Waals surface area contributed by atoms with Crippen molar-refractivity contribution in [3.05, 3.63) is 48.5 Å². The van der Waals surface area contributed by atoms with Crippen LogP contribution in [0, 0.1) is 0 Å². The second kappa shape index (κ2) is 5.14. The van der Waals surface area contributed by atoms with Crippen molar-refractivity contribution in [2.24, 2.45) is 0 Å². The molecule has 2 rings (SSSR count). The van der Waals surface area contributed by atoms with Gasteiger partial charge >= 0.3 is 23.1 Å². The molecule has 2 aromatic rings. The highest BCUT2D eigenvalue weighted by Gasteiger charge is 1.85. The van der Waals surface area contributed by atoms with E-state index in [1.807, 2.05) is 0 Å². The molecule has 0 saturated heterocycles. The lowest BCUT2D eigenvalue weighted by Gasteiger charge is -1.92. The van der Waals surface area contributed by atoms with Gasteiger partial charge in [0.2, 0.25) is 0 Å². The first-order valence-corrected chi connectivity index (χ1v) is 3.40. The molecule has 60 valence electrons. The van der Waals surface area contributed by atoms with E-state index in [9.17, 15) is 0 Å². The van der Waals surface area contributed by atoms with Gasteiger partial charge in [0, 0.05) is 0 Å². The van der Waals surface area contributed by atoms with Crippen LogP contribution in [0.25, 0.3) is 10.8 Å². The SMILES string of the molecule is O.[MgH2].c1ccc2ccccc2c1. The zero-order valence-electron chi connectivity index (χ0n) is 6.12. The Morgan fingerprint density at radius 1 is 0.583 bits per heavy atom. The molecule has 0 spiro atoms. The van der Waals surface area contributed by atoms with E-state index < -0.39 is 0 Å². The van der Waals surface area contributed by atoms with Crippen molar-refractivity contribution < 1.29 is 5.48 Å². The molecule has 0 amide bonds. The van der Waals surface area contributed by atoms with E-state index >= 15 is 0 Å². The second-order valence-electron chi connectivity index (χ2n) is 2.35. The van der Waals surface area contributed by atoms with Crippen molar-refractivity contribution in [3.8, 4) is 0 Å². The summed E-state index contributed by atoms with van der Waals surface area (Å²) in [6.07, 6.45) is 0. The minimum absolute atomic E-state index is 0. The van der Waals surface area contributed by atoms with Gasteiger partial charge in [-0.3, -0.25) is 0 Å². The molecule has 2 N–H and O–H groups in total. The van der Waals surface area contributed by atoms with E-state index in [1.165, 1.54) is 10.8 Å². The van der Waals surface area contributed by atoms with Gasteiger partial charge in [-0.1, -0.05) is 48.5 Å². The molecule has 0 fully saturated rings. The summed E-state index contributed by atoms with van der Waals surface area (Å²) in [5.41, 5.74) is 0. The maximum Gasteiger partial charge on any atom is 0.316 e. The van der Waals surface area contributed by atoms with Crippen molar-refractivity contribution in [1.82, 2.24) is 0 Å². The summed E-state index contributed by atoms with van der Waals surface area (Å²) in [6.45, 7) is 0. The first-order valence-electron chi connectivity index (χ1n) is 3.40. The maximum atomic E-state index is 2.12. The van der Waals surface area contributed by atoms with E-state index in [0.717, 1.165) is 0 Å². The zero-order chi connectivity index (χ0) is 6.81. The van der Waals surface area contributed by atoms with E-state index in [0.29, 0.717) is 0 Å². The Bertz CT molecular complexity index is 281. The van der Waals surface area contributed by atoms with E-state index in [1.54, 1.807) is 0 Å². The molecule has 0 aliphatic heterocycles. The predicted molar refractivity (Wildman–Crippen MR) is 56.1 cm³/mol. The molecule has 0 heterocycles. The summed E-state index contributed by atoms with van der Waals surface area (Å²) in [5.74, 6) is 0. The summed E-state index contributed by atoms with van der Waals surface area (Å²) >= 11 is 0. The molecule has 12 heavy (non-hydrogen) atoms. The van der Waals surface area contributed by atoms with Crippen molar-refractivity contribution in [2.75, 3.05) is 0 Å². The molecule has 1 nitrogen and oxygen atoms in total. The first kappa shape index (κ1) is 11.4. The molecule has 0 atom stereocenters. The lowest BCUT2D eigenvalue weighted by Crippen LogP contribution is -1.67. The Morgan fingerprint density at radius 3 is 1.08 bits per heavy atom. The first-order chi connectivity index (χ1) is 4.97. The molecular formula is C10H12MgO. The third-order valence-electron chi connectivity index (χ3n) is 1.66. The predicted octanol–water partition coefficient (Wildman–Crippen LogP) is 1.10. The lowest BCUT2D eigenvalue weighted by molar-refractivity contribution is 0.824. The maximum absolute atomic E-state index is 2.12. The number of hydrogen-bond acceptors (Lipinski definition) is 0. The smallest absolute Gasteiger partial charge is 0.316 e. The Labute approximate surface area is 87.9 Å². The molecular weight excluding hydrogens is 160 g/mol. The van der Waals surface area contributed by atoms with Gasteiger partial charge in [-0.2, -0.15) is 0 Å². The minimum atomic E-state index is 0. The average Bonchev–Trinajstić information content (AvgIpc) is 2.05. The summed E-state index contributed by atoms with van der Waals surface area (Å²) in [5, 5.41) is 2.62. The summed E-state index contributed by atoms with van der Waals surface area (Å²) < 4.78 is 0. The van der Waals surface area contributed by atoms with E-state index in [2.05, 4.69) is 48.5 Å². The van der Waals surface area contributed by atoms with Crippen LogP contribution in [0.2, 0.25) is 0 Å². The molecule has 0 saturated carbocycles. The van der Waals surface area contributed by atoms with Gasteiger partial charge in [0.05, 0.1) is 0 Å². The normalized spacial score (nSPS) is 8.33. The summed E-state index contributed by atoms with van der Waals surface area (Å²) in [6, 6.07) is 16.7. The van der Waals surface area contributed by atoms with Crippen LogP contribution < -0.4 is 0 Å². The monoisotopic (exact) mass is 172 g/mol. The number of hydrogen-bond donors (Lipinski definition) is 0. The van der Waals surface area contributed by atoms with Gasteiger partial charge < -0.3 is 5.48 Å². The van der Waals surface area contributed by atoms with Crippen LogP contribution in [0.1, 0.15) is 0 Å². The zero-order valence-corrected chi connectivity index (χ0v) is 6.12. The quantitative estimate of drug-likeness (QED) is 0.533. The highest BCUT2D eigenvalue weighted by atomic mass is 24.3. The number of benzene rings is 2. The Morgan fingerprint density at radius 2 is 0.833 bits per heavy atom. The molecule has 0 aliphatic rings. The highest BCUT2D eigenvalue weighted by Crippen LogP contribution is 2.11. The fraction of sp³-hybridized carbons (Fsp3) is 0. The molecule has 2 aromatic carbocycles. The number of fused-ring (bicyclic) bond motifs is 1. The standard InChI is InChI=1S/C10H8.Mg.H2O.2H/c1-2-6-10-8-4-3-7-9(10)5-1;;;;/h1-8H;;1H2;;. The van der Waals surface area contributed by atoms with E-state index in [-0.39, 0.29) is 28.5 Å². The van der Waals surface area contributed by atoms with Gasteiger partial charge in [-0.15, -0.1) is 0 Å². The van der Waals surface area contributed by atoms with Crippen LogP contribution in [0.3, 0.4) is 0 Å². The number of rotatable bonds is 0. The topological polar surface area (TPSA) is 31.5 Å². The van der Waals surface area contributed by atoms with Crippen LogP contribution >= 0.6 is 0 Å². The van der Waals surface area contributed by atoms with Crippen molar-refractivity contribution in [1.29, 1.82) is 0 Å². The third-order valence-corrected chi connectivity index (χ3v) is 1.66. The van der Waals surface area contributed by atoms with Gasteiger partial charge in [0.25, 0.3) is 0 Å². The van der Waals surface area contributed by atoms with Gasteiger partial charge in [0.1, 0.15) is 0 Å². The summed E-state index contributed by atoms with van der Waals surface area (Å²) in [4.78, 5) is 0. The fourth-order valence-corrected chi connectivity index (χ4v) is 1.13. The molecule has 0 radical (unpaired) electrons. The Hall–Kier alpha value is -0.574. The van der Waals surface area contributed by atoms with Gasteiger partial charge in [-0.05, 0) is 10.8 Å². The average molecular weight is 173 g/mol. The summed E-state index contributed by atoms with van der Waals surface area (Å²) in [7, 11) is 0. The molecule has 0 unspecified atom stereocenters. The van der Waals surface area contributed by atoms with Crippen molar-refractivity contribution >= 4 is 33.8 Å². The van der Waals surface area contributed by atoms with Crippen LogP contribution in [0.4, 0.5) is 0 Å². The van der Waals surface area contributed by atoms with Crippen LogP contribution in [0.5, 0.6) is 0 Å². The third kappa shape index (κ3) is 2.20. The largest absolute Gasteiger partial charge is 0.412 e.